The monoisotopic (exact) mass is 712 g/mol. The fraction of sp³-hybridized carbons (Fsp3) is 0.881. The Labute approximate surface area is 304 Å². The quantitative estimate of drug-likeness (QED) is 0.0336. The zero-order valence-corrected chi connectivity index (χ0v) is 33.1. The predicted molar refractivity (Wildman–Crippen MR) is 212 cm³/mol. The maximum Gasteiger partial charge on any atom is 0.266 e. The Kier molecular flexibility index (Phi) is 35.7. The number of nitrogens with one attached hydrogen (secondary N) is 1. The molecule has 0 radical (unpaired) electrons. The molecule has 0 fully saturated rings. The maximum absolute atomic E-state index is 12.5. The molecule has 2 atom stereocenters. The van der Waals surface area contributed by atoms with Crippen molar-refractivity contribution in [3.63, 3.8) is 0 Å². The third-order valence-corrected chi connectivity index (χ3v) is 10.4. The van der Waals surface area contributed by atoms with Crippen LogP contribution < -0.4 is 5.32 Å². The minimum absolute atomic E-state index is 0.258. The Morgan fingerprint density at radius 3 is 1.37 bits per heavy atom. The van der Waals surface area contributed by atoms with Gasteiger partial charge in [-0.05, 0) is 44.9 Å². The summed E-state index contributed by atoms with van der Waals surface area (Å²) >= 11 is 0. The third kappa shape index (κ3) is 37.9. The van der Waals surface area contributed by atoms with Crippen LogP contribution in [0, 0.1) is 0 Å². The van der Waals surface area contributed by atoms with Crippen LogP contribution in [0.15, 0.2) is 24.3 Å². The van der Waals surface area contributed by atoms with Gasteiger partial charge >= 0.3 is 0 Å². The van der Waals surface area contributed by atoms with Gasteiger partial charge in [0.2, 0.25) is 5.91 Å². The molecule has 3 N–H and O–H groups in total. The summed E-state index contributed by atoms with van der Waals surface area (Å²) in [6.07, 6.45) is 45.5. The summed E-state index contributed by atoms with van der Waals surface area (Å²) in [5.74, 6) is -0.909. The highest BCUT2D eigenvalue weighted by molar-refractivity contribution is 7.85. The van der Waals surface area contributed by atoms with Gasteiger partial charge in [-0.1, -0.05) is 192 Å². The van der Waals surface area contributed by atoms with E-state index in [2.05, 4.69) is 43.5 Å². The second-order valence-corrected chi connectivity index (χ2v) is 16.1. The number of aliphatic hydroxyl groups is 1. The minimum atomic E-state index is -4.31. The van der Waals surface area contributed by atoms with Gasteiger partial charge in [-0.3, -0.25) is 9.35 Å². The zero-order valence-electron chi connectivity index (χ0n) is 32.3. The van der Waals surface area contributed by atoms with Gasteiger partial charge in [0.15, 0.2) is 0 Å². The molecule has 2 unspecified atom stereocenters. The van der Waals surface area contributed by atoms with Gasteiger partial charge in [0.05, 0.1) is 17.9 Å². The molecule has 0 aliphatic heterocycles. The average Bonchev–Trinajstić information content (AvgIpc) is 3.06. The molecule has 0 aliphatic carbocycles. The van der Waals surface area contributed by atoms with Crippen LogP contribution in [-0.4, -0.2) is 41.9 Å². The number of unbranched alkanes of at least 4 members (excludes halogenated alkanes) is 26. The van der Waals surface area contributed by atoms with E-state index in [1.165, 1.54) is 128 Å². The summed E-state index contributed by atoms with van der Waals surface area (Å²) in [5, 5.41) is 13.4. The Bertz CT molecular complexity index is 872. The van der Waals surface area contributed by atoms with Crippen LogP contribution in [0.25, 0.3) is 0 Å². The molecule has 0 rings (SSSR count). The lowest BCUT2D eigenvalue weighted by atomic mass is 10.0. The molecule has 6 nitrogen and oxygen atoms in total. The molecule has 0 aromatic carbocycles. The molecule has 7 heteroatoms. The van der Waals surface area contributed by atoms with E-state index in [1.54, 1.807) is 0 Å². The molecular weight excluding hydrogens is 631 g/mol. The van der Waals surface area contributed by atoms with Crippen molar-refractivity contribution in [2.45, 2.75) is 231 Å². The van der Waals surface area contributed by atoms with Crippen LogP contribution >= 0.6 is 0 Å². The molecule has 0 bridgehead atoms. The molecule has 0 spiro atoms. The summed E-state index contributed by atoms with van der Waals surface area (Å²) in [7, 11) is -4.31. The van der Waals surface area contributed by atoms with Gasteiger partial charge in [-0.25, -0.2) is 0 Å². The Morgan fingerprint density at radius 1 is 0.551 bits per heavy atom. The van der Waals surface area contributed by atoms with Gasteiger partial charge in [-0.15, -0.1) is 0 Å². The average molecular weight is 712 g/mol. The van der Waals surface area contributed by atoms with Crippen LogP contribution in [0.5, 0.6) is 0 Å². The van der Waals surface area contributed by atoms with Crippen molar-refractivity contribution < 1.29 is 22.9 Å². The number of hydrogen-bond donors (Lipinski definition) is 3. The van der Waals surface area contributed by atoms with Crippen LogP contribution in [0.3, 0.4) is 0 Å². The van der Waals surface area contributed by atoms with E-state index >= 15 is 0 Å². The summed E-state index contributed by atoms with van der Waals surface area (Å²) in [6, 6.07) is -0.976. The molecule has 290 valence electrons. The van der Waals surface area contributed by atoms with Crippen molar-refractivity contribution in [3.8, 4) is 0 Å². The van der Waals surface area contributed by atoms with Gasteiger partial charge < -0.3 is 10.4 Å². The van der Waals surface area contributed by atoms with Crippen molar-refractivity contribution in [2.75, 3.05) is 5.75 Å². The molecule has 0 saturated carbocycles. The first-order valence-corrected chi connectivity index (χ1v) is 22.6. The number of rotatable bonds is 38. The first-order valence-electron chi connectivity index (χ1n) is 21.0. The van der Waals surface area contributed by atoms with E-state index in [0.717, 1.165) is 64.2 Å². The Morgan fingerprint density at radius 2 is 0.918 bits per heavy atom. The summed E-state index contributed by atoms with van der Waals surface area (Å²) in [5.41, 5.74) is 0. The molecule has 0 saturated heterocycles. The number of amides is 1. The third-order valence-electron chi connectivity index (χ3n) is 9.66. The number of allylic oxidation sites excluding steroid dienone is 4. The normalized spacial score (nSPS) is 13.5. The molecule has 0 heterocycles. The molecule has 49 heavy (non-hydrogen) atoms. The van der Waals surface area contributed by atoms with Crippen LogP contribution in [0.4, 0.5) is 0 Å². The van der Waals surface area contributed by atoms with Crippen LogP contribution in [0.1, 0.15) is 219 Å². The summed E-state index contributed by atoms with van der Waals surface area (Å²) in [4.78, 5) is 12.5. The number of hydrogen-bond acceptors (Lipinski definition) is 4. The summed E-state index contributed by atoms with van der Waals surface area (Å²) < 4.78 is 32.5. The smallest absolute Gasteiger partial charge is 0.266 e. The zero-order chi connectivity index (χ0) is 36.1. The minimum Gasteiger partial charge on any atom is -0.391 e. The van der Waals surface area contributed by atoms with E-state index in [4.69, 9.17) is 0 Å². The van der Waals surface area contributed by atoms with E-state index in [-0.39, 0.29) is 5.91 Å². The molecule has 0 aliphatic rings. The molecular formula is C42H81NO5S. The largest absolute Gasteiger partial charge is 0.391 e. The maximum atomic E-state index is 12.5. The Hall–Kier alpha value is -1.18. The Balaban J connectivity index is 3.85. The van der Waals surface area contributed by atoms with Crippen molar-refractivity contribution >= 4 is 16.0 Å². The van der Waals surface area contributed by atoms with E-state index in [9.17, 15) is 22.9 Å². The first kappa shape index (κ1) is 47.8. The van der Waals surface area contributed by atoms with Crippen molar-refractivity contribution in [3.05, 3.63) is 24.3 Å². The number of carbonyl (C=O) groups excluding carboxylic acids is 1. The van der Waals surface area contributed by atoms with E-state index in [0.29, 0.717) is 12.8 Å². The van der Waals surface area contributed by atoms with E-state index < -0.39 is 28.0 Å². The number of aliphatic hydroxyl groups excluding tert-OH is 1. The fourth-order valence-corrected chi connectivity index (χ4v) is 7.24. The lowest BCUT2D eigenvalue weighted by Gasteiger charge is -2.23. The van der Waals surface area contributed by atoms with Gasteiger partial charge in [-0.2, -0.15) is 8.42 Å². The highest BCUT2D eigenvalue weighted by Gasteiger charge is 2.26. The van der Waals surface area contributed by atoms with Gasteiger partial charge in [0.1, 0.15) is 0 Å². The summed E-state index contributed by atoms with van der Waals surface area (Å²) in [6.45, 7) is 4.50. The van der Waals surface area contributed by atoms with Crippen LogP contribution in [0.2, 0.25) is 0 Å². The second kappa shape index (κ2) is 36.6. The van der Waals surface area contributed by atoms with Crippen molar-refractivity contribution in [2.24, 2.45) is 0 Å². The topological polar surface area (TPSA) is 104 Å². The second-order valence-electron chi connectivity index (χ2n) is 14.6. The molecule has 0 aromatic heterocycles. The fourth-order valence-electron chi connectivity index (χ4n) is 6.48. The molecule has 1 amide bonds. The standard InChI is InChI=1S/C42H81NO5S/c1-3-5-7-9-11-13-15-17-19-20-21-22-24-25-27-29-31-33-35-37-41(44)40(39-49(46,47)48)43-42(45)38-36-34-32-30-28-26-23-18-16-14-12-10-8-6-4-2/h12,14,18,23,40-41,44H,3-11,13,15-17,19-22,24-39H2,1-2H3,(H,43,45)(H,46,47,48)/b14-12-,23-18-. The predicted octanol–water partition coefficient (Wildman–Crippen LogP) is 12.4. The van der Waals surface area contributed by atoms with Crippen molar-refractivity contribution in [1.82, 2.24) is 5.32 Å². The number of carbonyl (C=O) groups is 1. The highest BCUT2D eigenvalue weighted by Crippen LogP contribution is 2.16. The molecule has 0 aromatic rings. The van der Waals surface area contributed by atoms with Crippen molar-refractivity contribution in [1.29, 1.82) is 0 Å². The lowest BCUT2D eigenvalue weighted by Crippen LogP contribution is -2.47. The van der Waals surface area contributed by atoms with Crippen LogP contribution in [-0.2, 0) is 14.9 Å². The SMILES string of the molecule is CCCCC/C=C\C/C=C\CCCCCCCC(=O)NC(CS(=O)(=O)O)C(O)CCCCCCCCCCCCCCCCCCCCC. The highest BCUT2D eigenvalue weighted by atomic mass is 32.2. The van der Waals surface area contributed by atoms with E-state index in [1.807, 2.05) is 0 Å². The van der Waals surface area contributed by atoms with Gasteiger partial charge in [0, 0.05) is 6.42 Å². The van der Waals surface area contributed by atoms with Gasteiger partial charge in [0.25, 0.3) is 10.1 Å². The first-order chi connectivity index (χ1) is 23.8. The lowest BCUT2D eigenvalue weighted by molar-refractivity contribution is -0.122.